The predicted molar refractivity (Wildman–Crippen MR) is 114 cm³/mol. The topological polar surface area (TPSA) is 190 Å². The number of aliphatic hydroxyl groups is 8. The summed E-state index contributed by atoms with van der Waals surface area (Å²) in [5.74, 6) is 9.61. The normalized spacial score (nSPS) is 36.4. The van der Waals surface area contributed by atoms with Gasteiger partial charge in [-0.15, -0.1) is 0 Å². The van der Waals surface area contributed by atoms with E-state index in [1.165, 1.54) is 12.1 Å². The minimum absolute atomic E-state index is 0.0642. The van der Waals surface area contributed by atoms with E-state index >= 15 is 0 Å². The van der Waals surface area contributed by atoms with Gasteiger partial charge in [0.05, 0.1) is 18.8 Å². The smallest absolute Gasteiger partial charge is 0.387 e. The Balaban J connectivity index is 1.84. The van der Waals surface area contributed by atoms with Gasteiger partial charge in [0.15, 0.2) is 0 Å². The molecule has 8 N–H and O–H groups in total. The molecule has 198 valence electrons. The summed E-state index contributed by atoms with van der Waals surface area (Å²) >= 11 is 0. The van der Waals surface area contributed by atoms with Crippen LogP contribution in [0, 0.1) is 23.7 Å². The van der Waals surface area contributed by atoms with E-state index < -0.39 is 86.6 Å². The molecule has 0 spiro atoms. The van der Waals surface area contributed by atoms with Crippen molar-refractivity contribution in [3.05, 3.63) is 29.3 Å². The van der Waals surface area contributed by atoms with Crippen LogP contribution in [0.4, 0.5) is 8.78 Å². The van der Waals surface area contributed by atoms with Gasteiger partial charge in [-0.2, -0.15) is 8.78 Å². The zero-order chi connectivity index (χ0) is 26.6. The highest BCUT2D eigenvalue weighted by Gasteiger charge is 2.43. The van der Waals surface area contributed by atoms with Gasteiger partial charge in [0, 0.05) is 5.56 Å². The molecule has 0 unspecified atom stereocenters. The number of halogens is 2. The largest absolute Gasteiger partial charge is 0.433 e. The molecule has 0 bridgehead atoms. The molecule has 2 aliphatic heterocycles. The third-order valence-corrected chi connectivity index (χ3v) is 5.69. The van der Waals surface area contributed by atoms with Gasteiger partial charge in [-0.3, -0.25) is 0 Å². The van der Waals surface area contributed by atoms with Crippen LogP contribution in [0.15, 0.2) is 18.2 Å². The molecule has 10 atom stereocenters. The Labute approximate surface area is 204 Å². The fourth-order valence-corrected chi connectivity index (χ4v) is 3.64. The second-order valence-corrected chi connectivity index (χ2v) is 8.13. The second-order valence-electron chi connectivity index (χ2n) is 8.13. The first-order chi connectivity index (χ1) is 17.1. The lowest BCUT2D eigenvalue weighted by Crippen LogP contribution is -2.58. The molecule has 11 nitrogen and oxygen atoms in total. The molecule has 0 saturated carbocycles. The fourth-order valence-electron chi connectivity index (χ4n) is 3.64. The van der Waals surface area contributed by atoms with Crippen molar-refractivity contribution < 1.29 is 63.8 Å². The van der Waals surface area contributed by atoms with Gasteiger partial charge in [0.2, 0.25) is 0 Å². The highest BCUT2D eigenvalue weighted by Crippen LogP contribution is 2.25. The number of hydrogen-bond donors (Lipinski definition) is 8. The molecule has 2 aliphatic rings. The summed E-state index contributed by atoms with van der Waals surface area (Å²) in [5.41, 5.74) is 0.0617. The van der Waals surface area contributed by atoms with Crippen molar-refractivity contribution in [3.63, 3.8) is 0 Å². The third-order valence-electron chi connectivity index (χ3n) is 5.69. The van der Waals surface area contributed by atoms with E-state index in [0.717, 1.165) is 6.07 Å². The van der Waals surface area contributed by atoms with Crippen LogP contribution in [-0.2, 0) is 9.47 Å². The Bertz CT molecular complexity index is 1010. The molecule has 0 aliphatic carbocycles. The van der Waals surface area contributed by atoms with E-state index in [9.17, 15) is 49.6 Å². The summed E-state index contributed by atoms with van der Waals surface area (Å²) in [5, 5.41) is 78.0. The highest BCUT2D eigenvalue weighted by atomic mass is 19.3. The minimum Gasteiger partial charge on any atom is -0.433 e. The van der Waals surface area contributed by atoms with E-state index in [1.54, 1.807) is 0 Å². The van der Waals surface area contributed by atoms with Crippen molar-refractivity contribution in [1.29, 1.82) is 0 Å². The van der Waals surface area contributed by atoms with Crippen molar-refractivity contribution in [2.45, 2.75) is 67.7 Å². The van der Waals surface area contributed by atoms with E-state index in [4.69, 9.17) is 9.47 Å². The summed E-state index contributed by atoms with van der Waals surface area (Å²) in [6.45, 7) is -4.53. The lowest BCUT2D eigenvalue weighted by atomic mass is 9.95. The maximum atomic E-state index is 13.0. The predicted octanol–water partition coefficient (Wildman–Crippen LogP) is -3.32. The molecule has 0 aromatic heterocycles. The second kappa shape index (κ2) is 12.2. The number of aliphatic hydroxyl groups excluding tert-OH is 8. The molecular formula is C23H26F2O11. The average molecular weight is 516 g/mol. The van der Waals surface area contributed by atoms with Crippen molar-refractivity contribution in [2.75, 3.05) is 13.2 Å². The zero-order valence-electron chi connectivity index (χ0n) is 18.6. The fraction of sp³-hybridized carbons (Fsp3) is 0.565. The Kier molecular flexibility index (Phi) is 9.57. The quantitative estimate of drug-likeness (QED) is 0.187. The Hall–Kier alpha value is -2.40. The molecular weight excluding hydrogens is 490 g/mol. The molecule has 0 radical (unpaired) electrons. The molecule has 1 aromatic rings. The van der Waals surface area contributed by atoms with Gasteiger partial charge < -0.3 is 55.1 Å². The van der Waals surface area contributed by atoms with Gasteiger partial charge in [0.1, 0.15) is 66.8 Å². The number of ether oxygens (including phenoxy) is 3. The first kappa shape index (κ1) is 28.2. The molecule has 3 rings (SSSR count). The monoisotopic (exact) mass is 516 g/mol. The molecule has 36 heavy (non-hydrogen) atoms. The first-order valence-corrected chi connectivity index (χ1v) is 10.8. The number of benzene rings is 1. The van der Waals surface area contributed by atoms with Crippen molar-refractivity contribution in [1.82, 2.24) is 0 Å². The molecule has 2 heterocycles. The van der Waals surface area contributed by atoms with Gasteiger partial charge in [-0.1, -0.05) is 23.7 Å². The van der Waals surface area contributed by atoms with Gasteiger partial charge in [0.25, 0.3) is 0 Å². The summed E-state index contributed by atoms with van der Waals surface area (Å²) in [4.78, 5) is 0. The van der Waals surface area contributed by atoms with E-state index in [2.05, 4.69) is 28.4 Å². The molecule has 13 heteroatoms. The highest BCUT2D eigenvalue weighted by molar-refractivity contribution is 5.52. The SMILES string of the molecule is OC[C@H]1O[C@H](C#Cc2ccc(C#C[C@H]3O[C@H](CO)[C@@H](O)[C@H](O)[C@@H]3O)c(OC(F)F)c2)[C@@H](O)[C@@H](O)[C@@H]1O. The van der Waals surface area contributed by atoms with E-state index in [0.29, 0.717) is 0 Å². The van der Waals surface area contributed by atoms with Crippen molar-refractivity contribution in [2.24, 2.45) is 0 Å². The van der Waals surface area contributed by atoms with Crippen LogP contribution >= 0.6 is 0 Å². The zero-order valence-corrected chi connectivity index (χ0v) is 18.6. The van der Waals surface area contributed by atoms with Crippen LogP contribution in [0.3, 0.4) is 0 Å². The molecule has 0 amide bonds. The molecule has 2 fully saturated rings. The maximum Gasteiger partial charge on any atom is 0.387 e. The summed E-state index contributed by atoms with van der Waals surface area (Å²) in [6.07, 6.45) is -14.7. The minimum atomic E-state index is -3.23. The van der Waals surface area contributed by atoms with Crippen molar-refractivity contribution in [3.8, 4) is 29.4 Å². The lowest BCUT2D eigenvalue weighted by Gasteiger charge is -2.37. The van der Waals surface area contributed by atoms with Crippen LogP contribution in [0.2, 0.25) is 0 Å². The van der Waals surface area contributed by atoms with E-state index in [-0.39, 0.29) is 11.1 Å². The van der Waals surface area contributed by atoms with Crippen LogP contribution in [-0.4, -0.2) is 122 Å². The molecule has 1 aromatic carbocycles. The van der Waals surface area contributed by atoms with Gasteiger partial charge in [-0.25, -0.2) is 0 Å². The average Bonchev–Trinajstić information content (AvgIpc) is 2.85. The third kappa shape index (κ3) is 6.29. The number of alkyl halides is 2. The van der Waals surface area contributed by atoms with E-state index in [1.807, 2.05) is 0 Å². The summed E-state index contributed by atoms with van der Waals surface area (Å²) in [6, 6.07) is 3.75. The first-order valence-electron chi connectivity index (χ1n) is 10.8. The van der Waals surface area contributed by atoms with Gasteiger partial charge in [-0.05, 0) is 18.2 Å². The Morgan fingerprint density at radius 3 is 1.72 bits per heavy atom. The Morgan fingerprint density at radius 2 is 1.25 bits per heavy atom. The van der Waals surface area contributed by atoms with Crippen LogP contribution in [0.5, 0.6) is 5.75 Å². The molecule has 2 saturated heterocycles. The van der Waals surface area contributed by atoms with Crippen molar-refractivity contribution >= 4 is 0 Å². The number of rotatable bonds is 4. The van der Waals surface area contributed by atoms with Crippen LogP contribution in [0.1, 0.15) is 11.1 Å². The van der Waals surface area contributed by atoms with Crippen LogP contribution < -0.4 is 4.74 Å². The van der Waals surface area contributed by atoms with Crippen LogP contribution in [0.25, 0.3) is 0 Å². The lowest BCUT2D eigenvalue weighted by molar-refractivity contribution is -0.214. The summed E-state index contributed by atoms with van der Waals surface area (Å²) in [7, 11) is 0. The standard InChI is InChI=1S/C23H26F2O11/c24-23(25)36-14-7-10(2-5-12-17(28)21(32)19(30)15(8-26)34-12)1-3-11(14)4-6-13-18(29)22(33)20(31)16(9-27)35-13/h1,3,7,12-13,15-23,26-33H,8-9H2/t12-,13-,15-,16-,17-,18-,19-,20-,21-,22-/m1/s1. The summed E-state index contributed by atoms with van der Waals surface area (Å²) < 4.78 is 41.0. The number of hydrogen-bond acceptors (Lipinski definition) is 11. The van der Waals surface area contributed by atoms with Gasteiger partial charge >= 0.3 is 6.61 Å². The Morgan fingerprint density at radius 1 is 0.750 bits per heavy atom. The maximum absolute atomic E-state index is 13.0.